The van der Waals surface area contributed by atoms with Crippen molar-refractivity contribution in [2.24, 2.45) is 0 Å². The summed E-state index contributed by atoms with van der Waals surface area (Å²) in [4.78, 5) is 17.7. The van der Waals surface area contributed by atoms with Crippen molar-refractivity contribution in [2.45, 2.75) is 13.0 Å². The summed E-state index contributed by atoms with van der Waals surface area (Å²) in [5.74, 6) is -0.703. The molecule has 0 unspecified atom stereocenters. The summed E-state index contributed by atoms with van der Waals surface area (Å²) in [6.07, 6.45) is 0.768. The number of aromatic amines is 1. The van der Waals surface area contributed by atoms with E-state index in [9.17, 15) is 9.18 Å². The van der Waals surface area contributed by atoms with Crippen molar-refractivity contribution in [2.75, 3.05) is 6.54 Å². The van der Waals surface area contributed by atoms with E-state index < -0.39 is 5.82 Å². The highest BCUT2D eigenvalue weighted by Gasteiger charge is 2.25. The van der Waals surface area contributed by atoms with Crippen molar-refractivity contribution in [3.05, 3.63) is 71.2 Å². The molecule has 1 aliphatic heterocycles. The van der Waals surface area contributed by atoms with Gasteiger partial charge in [0.1, 0.15) is 5.82 Å². The van der Waals surface area contributed by atoms with E-state index in [1.54, 1.807) is 23.1 Å². The van der Waals surface area contributed by atoms with E-state index in [1.165, 1.54) is 11.8 Å². The number of carbonyl (C=O) groups excluding carboxylic acids is 1. The Morgan fingerprint density at radius 2 is 1.86 bits per heavy atom. The number of nitrogens with zero attached hydrogens (tertiary/aromatic N) is 1. The topological polar surface area (TPSA) is 36.1 Å². The number of H-pyrrole nitrogens is 1. The predicted molar refractivity (Wildman–Crippen MR) is 83.1 cm³/mol. The molecule has 0 saturated heterocycles. The molecule has 1 aromatic heterocycles. The molecule has 1 aliphatic rings. The van der Waals surface area contributed by atoms with Gasteiger partial charge in [-0.05, 0) is 18.2 Å². The summed E-state index contributed by atoms with van der Waals surface area (Å²) in [6, 6.07) is 14.2. The predicted octanol–water partition coefficient (Wildman–Crippen LogP) is 3.51. The van der Waals surface area contributed by atoms with E-state index in [1.807, 2.05) is 18.2 Å². The van der Waals surface area contributed by atoms with Gasteiger partial charge in [0.2, 0.25) is 0 Å². The maximum absolute atomic E-state index is 13.8. The summed E-state index contributed by atoms with van der Waals surface area (Å²) in [7, 11) is 0. The number of carbonyl (C=O) groups is 1. The van der Waals surface area contributed by atoms with Crippen LogP contribution in [-0.4, -0.2) is 22.3 Å². The fourth-order valence-corrected chi connectivity index (χ4v) is 3.14. The van der Waals surface area contributed by atoms with E-state index in [0.717, 1.165) is 22.9 Å². The van der Waals surface area contributed by atoms with Crippen molar-refractivity contribution in [3.63, 3.8) is 0 Å². The average Bonchev–Trinajstić information content (AvgIpc) is 2.92. The molecule has 0 aliphatic carbocycles. The Labute approximate surface area is 127 Å². The Hall–Kier alpha value is -2.62. The number of benzene rings is 2. The van der Waals surface area contributed by atoms with Crippen molar-refractivity contribution in [1.82, 2.24) is 9.88 Å². The summed E-state index contributed by atoms with van der Waals surface area (Å²) < 4.78 is 13.8. The van der Waals surface area contributed by atoms with Gasteiger partial charge in [0.15, 0.2) is 0 Å². The van der Waals surface area contributed by atoms with Gasteiger partial charge in [-0.25, -0.2) is 4.39 Å². The number of amides is 1. The zero-order valence-electron chi connectivity index (χ0n) is 12.0. The Balaban J connectivity index is 1.70. The van der Waals surface area contributed by atoms with Crippen LogP contribution in [0.4, 0.5) is 4.39 Å². The molecule has 0 fully saturated rings. The van der Waals surface area contributed by atoms with Gasteiger partial charge in [0.25, 0.3) is 5.91 Å². The van der Waals surface area contributed by atoms with Crippen LogP contribution in [0.1, 0.15) is 21.6 Å². The number of nitrogens with one attached hydrogen (secondary N) is 1. The fourth-order valence-electron chi connectivity index (χ4n) is 3.14. The van der Waals surface area contributed by atoms with Crippen LogP contribution in [0.2, 0.25) is 0 Å². The Bertz CT molecular complexity index is 868. The van der Waals surface area contributed by atoms with Gasteiger partial charge in [0, 0.05) is 41.7 Å². The lowest BCUT2D eigenvalue weighted by molar-refractivity contribution is 0.0730. The summed E-state index contributed by atoms with van der Waals surface area (Å²) in [5.41, 5.74) is 3.56. The first-order chi connectivity index (χ1) is 10.7. The number of hydrogen-bond acceptors (Lipinski definition) is 1. The van der Waals surface area contributed by atoms with E-state index in [4.69, 9.17) is 0 Å². The minimum atomic E-state index is -0.461. The first kappa shape index (κ1) is 13.1. The summed E-state index contributed by atoms with van der Waals surface area (Å²) >= 11 is 0. The van der Waals surface area contributed by atoms with E-state index in [2.05, 4.69) is 11.1 Å². The third kappa shape index (κ3) is 1.99. The SMILES string of the molecule is O=C(c1ccccc1F)N1CCc2[nH]c3ccccc3c2C1. The minimum absolute atomic E-state index is 0.144. The zero-order valence-corrected chi connectivity index (χ0v) is 12.0. The normalized spacial score (nSPS) is 14.1. The van der Waals surface area contributed by atoms with E-state index >= 15 is 0 Å². The number of para-hydroxylation sites is 1. The molecule has 1 N–H and O–H groups in total. The quantitative estimate of drug-likeness (QED) is 0.732. The van der Waals surface area contributed by atoms with Crippen LogP contribution < -0.4 is 0 Å². The standard InChI is InChI=1S/C18H15FN2O/c19-15-7-3-1-6-13(15)18(22)21-10-9-17-14(11-21)12-5-2-4-8-16(12)20-17/h1-8,20H,9-11H2. The lowest BCUT2D eigenvalue weighted by Crippen LogP contribution is -2.36. The van der Waals surface area contributed by atoms with Crippen molar-refractivity contribution in [1.29, 1.82) is 0 Å². The van der Waals surface area contributed by atoms with Crippen molar-refractivity contribution >= 4 is 16.8 Å². The van der Waals surface area contributed by atoms with Gasteiger partial charge in [-0.2, -0.15) is 0 Å². The van der Waals surface area contributed by atoms with Gasteiger partial charge in [-0.15, -0.1) is 0 Å². The summed E-state index contributed by atoms with van der Waals surface area (Å²) in [5, 5.41) is 1.14. The first-order valence-electron chi connectivity index (χ1n) is 7.36. The van der Waals surface area contributed by atoms with Gasteiger partial charge in [-0.3, -0.25) is 4.79 Å². The van der Waals surface area contributed by atoms with Gasteiger partial charge in [0.05, 0.1) is 5.56 Å². The van der Waals surface area contributed by atoms with Gasteiger partial charge < -0.3 is 9.88 Å². The molecule has 0 saturated carbocycles. The molecule has 22 heavy (non-hydrogen) atoms. The molecule has 2 heterocycles. The molecule has 1 amide bonds. The monoisotopic (exact) mass is 294 g/mol. The smallest absolute Gasteiger partial charge is 0.257 e. The molecule has 3 aromatic rings. The van der Waals surface area contributed by atoms with Crippen LogP contribution in [0.3, 0.4) is 0 Å². The lowest BCUT2D eigenvalue weighted by Gasteiger charge is -2.27. The van der Waals surface area contributed by atoms with Crippen LogP contribution >= 0.6 is 0 Å². The van der Waals surface area contributed by atoms with Crippen LogP contribution in [0, 0.1) is 5.82 Å². The van der Waals surface area contributed by atoms with Crippen LogP contribution in [0.5, 0.6) is 0 Å². The molecular formula is C18H15FN2O. The first-order valence-corrected chi connectivity index (χ1v) is 7.36. The Kier molecular flexibility index (Phi) is 2.96. The largest absolute Gasteiger partial charge is 0.358 e. The number of rotatable bonds is 1. The van der Waals surface area contributed by atoms with Crippen LogP contribution in [0.15, 0.2) is 48.5 Å². The third-order valence-corrected chi connectivity index (χ3v) is 4.27. The number of halogens is 1. The second-order valence-electron chi connectivity index (χ2n) is 5.58. The molecule has 0 atom stereocenters. The molecule has 0 spiro atoms. The molecule has 0 bridgehead atoms. The van der Waals surface area contributed by atoms with Crippen molar-refractivity contribution < 1.29 is 9.18 Å². The minimum Gasteiger partial charge on any atom is -0.358 e. The lowest BCUT2D eigenvalue weighted by atomic mass is 10.0. The Morgan fingerprint density at radius 1 is 1.09 bits per heavy atom. The van der Waals surface area contributed by atoms with E-state index in [0.29, 0.717) is 13.1 Å². The molecule has 2 aromatic carbocycles. The highest BCUT2D eigenvalue weighted by molar-refractivity contribution is 5.95. The number of aromatic nitrogens is 1. The summed E-state index contributed by atoms with van der Waals surface area (Å²) in [6.45, 7) is 1.12. The molecule has 3 nitrogen and oxygen atoms in total. The maximum atomic E-state index is 13.8. The fraction of sp³-hybridized carbons (Fsp3) is 0.167. The maximum Gasteiger partial charge on any atom is 0.257 e. The van der Waals surface area contributed by atoms with Crippen LogP contribution in [-0.2, 0) is 13.0 Å². The van der Waals surface area contributed by atoms with Gasteiger partial charge >= 0.3 is 0 Å². The highest BCUT2D eigenvalue weighted by atomic mass is 19.1. The van der Waals surface area contributed by atoms with Crippen LogP contribution in [0.25, 0.3) is 10.9 Å². The van der Waals surface area contributed by atoms with Gasteiger partial charge in [-0.1, -0.05) is 30.3 Å². The van der Waals surface area contributed by atoms with Crippen molar-refractivity contribution in [3.8, 4) is 0 Å². The molecular weight excluding hydrogens is 279 g/mol. The number of hydrogen-bond donors (Lipinski definition) is 1. The molecule has 0 radical (unpaired) electrons. The zero-order chi connectivity index (χ0) is 15.1. The second-order valence-corrected chi connectivity index (χ2v) is 5.58. The second kappa shape index (κ2) is 4.98. The molecule has 4 heteroatoms. The highest BCUT2D eigenvalue weighted by Crippen LogP contribution is 2.28. The number of fused-ring (bicyclic) bond motifs is 3. The Morgan fingerprint density at radius 3 is 2.73 bits per heavy atom. The third-order valence-electron chi connectivity index (χ3n) is 4.27. The average molecular weight is 294 g/mol. The van der Waals surface area contributed by atoms with E-state index in [-0.39, 0.29) is 11.5 Å². The molecule has 110 valence electrons. The molecule has 4 rings (SSSR count).